The Morgan fingerprint density at radius 2 is 1.84 bits per heavy atom. The molecule has 5 rings (SSSR count). The number of amides is 2. The van der Waals surface area contributed by atoms with Gasteiger partial charge in [-0.15, -0.1) is 22.7 Å². The summed E-state index contributed by atoms with van der Waals surface area (Å²) in [5, 5.41) is 8.91. The molecular formula is C22H23N5O2S2. The first kappa shape index (κ1) is 20.2. The summed E-state index contributed by atoms with van der Waals surface area (Å²) in [6.45, 7) is 5.35. The minimum Gasteiger partial charge on any atom is -0.367 e. The molecule has 0 unspecified atom stereocenters. The molecule has 2 aliphatic heterocycles. The average Bonchev–Trinajstić information content (AvgIpc) is 3.43. The molecule has 0 saturated carbocycles. The summed E-state index contributed by atoms with van der Waals surface area (Å²) in [4.78, 5) is 35.6. The molecule has 2 saturated heterocycles. The van der Waals surface area contributed by atoms with Gasteiger partial charge in [-0.1, -0.05) is 12.1 Å². The first-order chi connectivity index (χ1) is 15.2. The number of thiazole rings is 1. The van der Waals surface area contributed by atoms with E-state index in [1.54, 1.807) is 5.38 Å². The number of piperazine rings is 1. The Bertz CT molecular complexity index is 1100. The highest BCUT2D eigenvalue weighted by Crippen LogP contribution is 2.32. The SMILES string of the molecule is O=C(Nc1ccccc1N1CCNCC1)c1csc(-c2ccc(C(=O)N3CCC3)s2)n1. The van der Waals surface area contributed by atoms with Crippen molar-refractivity contribution in [2.75, 3.05) is 49.5 Å². The number of aromatic nitrogens is 1. The van der Waals surface area contributed by atoms with Crippen molar-refractivity contribution in [2.24, 2.45) is 0 Å². The Balaban J connectivity index is 1.30. The minimum absolute atomic E-state index is 0.0848. The van der Waals surface area contributed by atoms with Gasteiger partial charge in [0.2, 0.25) is 0 Å². The van der Waals surface area contributed by atoms with Gasteiger partial charge in [0.25, 0.3) is 11.8 Å². The highest BCUT2D eigenvalue weighted by Gasteiger charge is 2.24. The lowest BCUT2D eigenvalue weighted by atomic mass is 10.2. The molecule has 2 fully saturated rings. The van der Waals surface area contributed by atoms with Crippen LogP contribution in [0, 0.1) is 0 Å². The number of carbonyl (C=O) groups is 2. The lowest BCUT2D eigenvalue weighted by Gasteiger charge is -2.31. The second-order valence-electron chi connectivity index (χ2n) is 7.56. The molecule has 2 aliphatic rings. The molecule has 0 bridgehead atoms. The Labute approximate surface area is 188 Å². The van der Waals surface area contributed by atoms with Crippen LogP contribution < -0.4 is 15.5 Å². The normalized spacial score (nSPS) is 16.1. The molecule has 7 nitrogen and oxygen atoms in total. The number of benzene rings is 1. The molecule has 0 atom stereocenters. The zero-order chi connectivity index (χ0) is 21.2. The number of nitrogens with one attached hydrogen (secondary N) is 2. The van der Waals surface area contributed by atoms with E-state index in [4.69, 9.17) is 0 Å². The summed E-state index contributed by atoms with van der Waals surface area (Å²) in [6, 6.07) is 11.6. The van der Waals surface area contributed by atoms with E-state index in [9.17, 15) is 9.59 Å². The van der Waals surface area contributed by atoms with E-state index in [1.807, 2.05) is 41.3 Å². The van der Waals surface area contributed by atoms with Gasteiger partial charge in [-0.25, -0.2) is 4.98 Å². The van der Waals surface area contributed by atoms with Crippen LogP contribution in [0.5, 0.6) is 0 Å². The number of thiophene rings is 1. The quantitative estimate of drug-likeness (QED) is 0.619. The van der Waals surface area contributed by atoms with E-state index in [1.165, 1.54) is 22.7 Å². The molecule has 0 spiro atoms. The van der Waals surface area contributed by atoms with Gasteiger partial charge in [0.05, 0.1) is 21.1 Å². The van der Waals surface area contributed by atoms with Gasteiger partial charge < -0.3 is 20.4 Å². The molecule has 0 aliphatic carbocycles. The number of likely N-dealkylation sites (tertiary alicyclic amines) is 1. The number of rotatable bonds is 5. The third kappa shape index (κ3) is 4.21. The molecule has 2 amide bonds. The van der Waals surface area contributed by atoms with E-state index < -0.39 is 0 Å². The standard InChI is InChI=1S/C22H23N5O2S2/c28-20(24-15-4-1-2-5-17(15)26-12-8-23-9-13-26)16-14-30-21(25-16)18-6-7-19(31-18)22(29)27-10-3-11-27/h1-2,4-7,14,23H,3,8-13H2,(H,24,28). The van der Waals surface area contributed by atoms with E-state index in [0.29, 0.717) is 5.69 Å². The molecule has 2 aromatic heterocycles. The second kappa shape index (κ2) is 8.78. The smallest absolute Gasteiger partial charge is 0.275 e. The number of hydrogen-bond acceptors (Lipinski definition) is 7. The molecule has 160 valence electrons. The van der Waals surface area contributed by atoms with Crippen LogP contribution in [0.2, 0.25) is 0 Å². The summed E-state index contributed by atoms with van der Waals surface area (Å²) in [5.41, 5.74) is 2.21. The number of hydrogen-bond donors (Lipinski definition) is 2. The number of carbonyl (C=O) groups excluding carboxylic acids is 2. The Morgan fingerprint density at radius 1 is 1.03 bits per heavy atom. The summed E-state index contributed by atoms with van der Waals surface area (Å²) in [5.74, 6) is -0.139. The third-order valence-corrected chi connectivity index (χ3v) is 7.60. The van der Waals surface area contributed by atoms with Crippen molar-refractivity contribution in [3.8, 4) is 9.88 Å². The van der Waals surface area contributed by atoms with Crippen molar-refractivity contribution < 1.29 is 9.59 Å². The zero-order valence-electron chi connectivity index (χ0n) is 17.0. The molecule has 4 heterocycles. The lowest BCUT2D eigenvalue weighted by molar-refractivity contribution is 0.0657. The number of para-hydroxylation sites is 2. The summed E-state index contributed by atoms with van der Waals surface area (Å²) < 4.78 is 0. The van der Waals surface area contributed by atoms with Gasteiger partial charge in [0.15, 0.2) is 0 Å². The molecule has 3 aromatic rings. The van der Waals surface area contributed by atoms with Crippen molar-refractivity contribution in [2.45, 2.75) is 6.42 Å². The summed E-state index contributed by atoms with van der Waals surface area (Å²) in [7, 11) is 0. The van der Waals surface area contributed by atoms with Crippen molar-refractivity contribution in [3.63, 3.8) is 0 Å². The van der Waals surface area contributed by atoms with Crippen LogP contribution in [0.15, 0.2) is 41.8 Å². The van der Waals surface area contributed by atoms with Crippen molar-refractivity contribution in [3.05, 3.63) is 52.3 Å². The monoisotopic (exact) mass is 453 g/mol. The fourth-order valence-electron chi connectivity index (χ4n) is 3.68. The van der Waals surface area contributed by atoms with Crippen molar-refractivity contribution in [1.29, 1.82) is 0 Å². The third-order valence-electron chi connectivity index (χ3n) is 5.52. The lowest BCUT2D eigenvalue weighted by Crippen LogP contribution is -2.43. The zero-order valence-corrected chi connectivity index (χ0v) is 18.6. The Morgan fingerprint density at radius 3 is 2.61 bits per heavy atom. The van der Waals surface area contributed by atoms with Crippen LogP contribution in [0.4, 0.5) is 11.4 Å². The van der Waals surface area contributed by atoms with Gasteiger partial charge in [-0.05, 0) is 30.7 Å². The summed E-state index contributed by atoms with van der Waals surface area (Å²) >= 11 is 2.86. The fraction of sp³-hybridized carbons (Fsp3) is 0.318. The van der Waals surface area contributed by atoms with Gasteiger partial charge in [0, 0.05) is 44.6 Å². The molecule has 2 N–H and O–H groups in total. The molecule has 1 aromatic carbocycles. The first-order valence-corrected chi connectivity index (χ1v) is 12.1. The van der Waals surface area contributed by atoms with Crippen LogP contribution in [0.25, 0.3) is 9.88 Å². The Hall–Kier alpha value is -2.75. The van der Waals surface area contributed by atoms with Crippen LogP contribution in [-0.2, 0) is 0 Å². The van der Waals surface area contributed by atoms with E-state index in [0.717, 1.165) is 71.8 Å². The predicted molar refractivity (Wildman–Crippen MR) is 125 cm³/mol. The first-order valence-electron chi connectivity index (χ1n) is 10.4. The topological polar surface area (TPSA) is 77.6 Å². The highest BCUT2D eigenvalue weighted by atomic mass is 32.1. The van der Waals surface area contributed by atoms with E-state index in [2.05, 4.69) is 20.5 Å². The largest absolute Gasteiger partial charge is 0.367 e. The van der Waals surface area contributed by atoms with Crippen LogP contribution in [-0.4, -0.2) is 61.0 Å². The van der Waals surface area contributed by atoms with Crippen LogP contribution in [0.3, 0.4) is 0 Å². The molecule has 9 heteroatoms. The van der Waals surface area contributed by atoms with E-state index >= 15 is 0 Å². The number of anilines is 2. The Kier molecular flexibility index (Phi) is 5.71. The second-order valence-corrected chi connectivity index (χ2v) is 9.50. The van der Waals surface area contributed by atoms with Crippen molar-refractivity contribution >= 4 is 45.9 Å². The predicted octanol–water partition coefficient (Wildman–Crippen LogP) is 3.38. The highest BCUT2D eigenvalue weighted by molar-refractivity contribution is 7.22. The molecule has 31 heavy (non-hydrogen) atoms. The molecule has 0 radical (unpaired) electrons. The van der Waals surface area contributed by atoms with Gasteiger partial charge >= 0.3 is 0 Å². The van der Waals surface area contributed by atoms with Gasteiger partial charge in [-0.3, -0.25) is 9.59 Å². The maximum Gasteiger partial charge on any atom is 0.275 e. The van der Waals surface area contributed by atoms with Gasteiger partial charge in [-0.2, -0.15) is 0 Å². The van der Waals surface area contributed by atoms with Crippen molar-refractivity contribution in [1.82, 2.24) is 15.2 Å². The van der Waals surface area contributed by atoms with Crippen LogP contribution >= 0.6 is 22.7 Å². The maximum atomic E-state index is 12.9. The number of nitrogens with zero attached hydrogens (tertiary/aromatic N) is 3. The fourth-order valence-corrected chi connectivity index (χ4v) is 5.53. The van der Waals surface area contributed by atoms with E-state index in [-0.39, 0.29) is 11.8 Å². The average molecular weight is 454 g/mol. The van der Waals surface area contributed by atoms with Gasteiger partial charge in [0.1, 0.15) is 10.7 Å². The summed E-state index contributed by atoms with van der Waals surface area (Å²) in [6.07, 6.45) is 1.08. The molecular weight excluding hydrogens is 430 g/mol. The minimum atomic E-state index is -0.224. The van der Waals surface area contributed by atoms with Crippen LogP contribution in [0.1, 0.15) is 26.6 Å². The maximum absolute atomic E-state index is 12.9.